The zero-order chi connectivity index (χ0) is 12.1. The van der Waals surface area contributed by atoms with E-state index in [0.29, 0.717) is 0 Å². The van der Waals surface area contributed by atoms with Gasteiger partial charge in [0.1, 0.15) is 0 Å². The molecule has 3 atom stereocenters. The Morgan fingerprint density at radius 2 is 2.12 bits per heavy atom. The molecule has 0 aromatic carbocycles. The highest BCUT2D eigenvalue weighted by molar-refractivity contribution is 4.82. The van der Waals surface area contributed by atoms with Crippen LogP contribution >= 0.6 is 0 Å². The predicted molar refractivity (Wildman–Crippen MR) is 74.3 cm³/mol. The largest absolute Gasteiger partial charge is 0.316 e. The summed E-state index contributed by atoms with van der Waals surface area (Å²) in [4.78, 5) is 2.81. The van der Waals surface area contributed by atoms with Crippen LogP contribution in [0.25, 0.3) is 0 Å². The second-order valence-electron chi connectivity index (χ2n) is 6.25. The summed E-state index contributed by atoms with van der Waals surface area (Å²) in [6, 6.07) is 0.897. The Bertz CT molecular complexity index is 217. The minimum atomic E-state index is 0.817. The smallest absolute Gasteiger partial charge is 0.00980 e. The molecule has 3 unspecified atom stereocenters. The van der Waals surface area contributed by atoms with Crippen molar-refractivity contribution >= 4 is 0 Å². The first kappa shape index (κ1) is 13.4. The van der Waals surface area contributed by atoms with Crippen LogP contribution in [-0.4, -0.2) is 37.1 Å². The van der Waals surface area contributed by atoms with E-state index in [1.54, 1.807) is 0 Å². The number of hydrogen-bond acceptors (Lipinski definition) is 2. The minimum Gasteiger partial charge on any atom is -0.316 e. The SMILES string of the molecule is CCC1CCCC(N2CCCNCC(C)C2)C1. The Labute approximate surface area is 107 Å². The third kappa shape index (κ3) is 3.96. The molecule has 1 saturated heterocycles. The summed E-state index contributed by atoms with van der Waals surface area (Å²) in [6.07, 6.45) is 8.60. The summed E-state index contributed by atoms with van der Waals surface area (Å²) in [5.41, 5.74) is 0. The van der Waals surface area contributed by atoms with Crippen LogP contribution in [0.5, 0.6) is 0 Å². The second-order valence-corrected chi connectivity index (χ2v) is 6.25. The van der Waals surface area contributed by atoms with Gasteiger partial charge < -0.3 is 10.2 Å². The maximum atomic E-state index is 3.55. The van der Waals surface area contributed by atoms with Crippen molar-refractivity contribution in [2.45, 2.75) is 58.4 Å². The monoisotopic (exact) mass is 238 g/mol. The summed E-state index contributed by atoms with van der Waals surface area (Å²) < 4.78 is 0. The van der Waals surface area contributed by atoms with Gasteiger partial charge in [-0.05, 0) is 50.7 Å². The molecular weight excluding hydrogens is 208 g/mol. The van der Waals surface area contributed by atoms with Crippen LogP contribution in [0.2, 0.25) is 0 Å². The van der Waals surface area contributed by atoms with E-state index in [1.807, 2.05) is 0 Å². The van der Waals surface area contributed by atoms with E-state index >= 15 is 0 Å². The van der Waals surface area contributed by atoms with Crippen LogP contribution in [0.4, 0.5) is 0 Å². The Morgan fingerprint density at radius 1 is 1.24 bits per heavy atom. The van der Waals surface area contributed by atoms with Gasteiger partial charge in [-0.25, -0.2) is 0 Å². The highest BCUT2D eigenvalue weighted by Crippen LogP contribution is 2.30. The molecule has 0 radical (unpaired) electrons. The van der Waals surface area contributed by atoms with Crippen molar-refractivity contribution in [1.29, 1.82) is 0 Å². The molecule has 0 bridgehead atoms. The van der Waals surface area contributed by atoms with Crippen LogP contribution in [0.15, 0.2) is 0 Å². The van der Waals surface area contributed by atoms with Crippen LogP contribution in [0, 0.1) is 11.8 Å². The minimum absolute atomic E-state index is 0.817. The van der Waals surface area contributed by atoms with Crippen molar-refractivity contribution in [3.05, 3.63) is 0 Å². The molecule has 0 spiro atoms. The van der Waals surface area contributed by atoms with Crippen molar-refractivity contribution < 1.29 is 0 Å². The summed E-state index contributed by atoms with van der Waals surface area (Å²) in [6.45, 7) is 9.82. The Hall–Kier alpha value is -0.0800. The predicted octanol–water partition coefficient (Wildman–Crippen LogP) is 2.89. The van der Waals surface area contributed by atoms with Gasteiger partial charge in [0.2, 0.25) is 0 Å². The van der Waals surface area contributed by atoms with E-state index < -0.39 is 0 Å². The van der Waals surface area contributed by atoms with Gasteiger partial charge in [-0.1, -0.05) is 33.1 Å². The van der Waals surface area contributed by atoms with Gasteiger partial charge >= 0.3 is 0 Å². The van der Waals surface area contributed by atoms with Crippen molar-refractivity contribution in [3.63, 3.8) is 0 Å². The van der Waals surface area contributed by atoms with E-state index in [1.165, 1.54) is 64.7 Å². The molecular formula is C15H30N2. The first-order valence-corrected chi connectivity index (χ1v) is 7.74. The molecule has 1 aliphatic carbocycles. The van der Waals surface area contributed by atoms with E-state index in [0.717, 1.165) is 17.9 Å². The zero-order valence-electron chi connectivity index (χ0n) is 11.8. The standard InChI is InChI=1S/C15H30N2/c1-3-14-6-4-7-15(10-14)17-9-5-8-16-11-13(2)12-17/h13-16H,3-12H2,1-2H3. The second kappa shape index (κ2) is 6.75. The van der Waals surface area contributed by atoms with E-state index in [2.05, 4.69) is 24.1 Å². The molecule has 1 aliphatic heterocycles. The first-order chi connectivity index (χ1) is 8.29. The summed E-state index contributed by atoms with van der Waals surface area (Å²) >= 11 is 0. The quantitative estimate of drug-likeness (QED) is 0.796. The van der Waals surface area contributed by atoms with Crippen molar-refractivity contribution in [2.75, 3.05) is 26.2 Å². The number of rotatable bonds is 2. The number of hydrogen-bond donors (Lipinski definition) is 1. The molecule has 2 heteroatoms. The molecule has 17 heavy (non-hydrogen) atoms. The number of nitrogens with zero attached hydrogens (tertiary/aromatic N) is 1. The fourth-order valence-electron chi connectivity index (χ4n) is 3.61. The molecule has 1 saturated carbocycles. The van der Waals surface area contributed by atoms with Gasteiger partial charge in [-0.2, -0.15) is 0 Å². The lowest BCUT2D eigenvalue weighted by molar-refractivity contribution is 0.105. The molecule has 0 aromatic rings. The van der Waals surface area contributed by atoms with Crippen LogP contribution in [0.3, 0.4) is 0 Å². The lowest BCUT2D eigenvalue weighted by Crippen LogP contribution is -2.45. The maximum Gasteiger partial charge on any atom is 0.00980 e. The topological polar surface area (TPSA) is 15.3 Å². The number of nitrogens with one attached hydrogen (secondary N) is 1. The highest BCUT2D eigenvalue weighted by Gasteiger charge is 2.27. The lowest BCUT2D eigenvalue weighted by Gasteiger charge is -2.39. The molecule has 0 amide bonds. The van der Waals surface area contributed by atoms with Crippen LogP contribution in [-0.2, 0) is 0 Å². The van der Waals surface area contributed by atoms with E-state index in [-0.39, 0.29) is 0 Å². The molecule has 2 fully saturated rings. The third-order valence-electron chi connectivity index (χ3n) is 4.69. The molecule has 2 rings (SSSR count). The first-order valence-electron chi connectivity index (χ1n) is 7.74. The Balaban J connectivity index is 1.89. The van der Waals surface area contributed by atoms with Gasteiger partial charge in [0, 0.05) is 12.6 Å². The summed E-state index contributed by atoms with van der Waals surface area (Å²) in [5, 5.41) is 3.55. The third-order valence-corrected chi connectivity index (χ3v) is 4.69. The maximum absolute atomic E-state index is 3.55. The van der Waals surface area contributed by atoms with Gasteiger partial charge in [-0.3, -0.25) is 0 Å². The van der Waals surface area contributed by atoms with Crippen LogP contribution < -0.4 is 5.32 Å². The molecule has 1 N–H and O–H groups in total. The van der Waals surface area contributed by atoms with E-state index in [9.17, 15) is 0 Å². The molecule has 0 aromatic heterocycles. The average molecular weight is 238 g/mol. The Kier molecular flexibility index (Phi) is 5.30. The fourth-order valence-corrected chi connectivity index (χ4v) is 3.61. The van der Waals surface area contributed by atoms with Gasteiger partial charge in [-0.15, -0.1) is 0 Å². The molecule has 2 nitrogen and oxygen atoms in total. The van der Waals surface area contributed by atoms with Crippen molar-refractivity contribution in [2.24, 2.45) is 11.8 Å². The van der Waals surface area contributed by atoms with Crippen LogP contribution in [0.1, 0.15) is 52.4 Å². The van der Waals surface area contributed by atoms with Gasteiger partial charge in [0.25, 0.3) is 0 Å². The normalized spacial score (nSPS) is 37.4. The Morgan fingerprint density at radius 3 is 2.94 bits per heavy atom. The molecule has 1 heterocycles. The van der Waals surface area contributed by atoms with Gasteiger partial charge in [0.05, 0.1) is 0 Å². The van der Waals surface area contributed by atoms with Crippen molar-refractivity contribution in [3.8, 4) is 0 Å². The zero-order valence-corrected chi connectivity index (χ0v) is 11.8. The molecule has 100 valence electrons. The van der Waals surface area contributed by atoms with E-state index in [4.69, 9.17) is 0 Å². The summed E-state index contributed by atoms with van der Waals surface area (Å²) in [5.74, 6) is 1.82. The average Bonchev–Trinajstić information content (AvgIpc) is 2.33. The summed E-state index contributed by atoms with van der Waals surface area (Å²) in [7, 11) is 0. The van der Waals surface area contributed by atoms with Gasteiger partial charge in [0.15, 0.2) is 0 Å². The van der Waals surface area contributed by atoms with Crippen molar-refractivity contribution in [1.82, 2.24) is 10.2 Å². The lowest BCUT2D eigenvalue weighted by atomic mass is 9.83. The highest BCUT2D eigenvalue weighted by atomic mass is 15.2. The fraction of sp³-hybridized carbons (Fsp3) is 1.00. The molecule has 2 aliphatic rings.